The van der Waals surface area contributed by atoms with Gasteiger partial charge in [0.2, 0.25) is 11.8 Å². The summed E-state index contributed by atoms with van der Waals surface area (Å²) in [5.41, 5.74) is 5.96. The molecule has 6 rings (SSSR count). The van der Waals surface area contributed by atoms with Crippen molar-refractivity contribution in [1.82, 2.24) is 31.2 Å². The number of carbonyl (C=O) groups excluding carboxylic acids is 4. The topological polar surface area (TPSA) is 187 Å². The molecular weight excluding hydrogens is 749 g/mol. The highest BCUT2D eigenvalue weighted by molar-refractivity contribution is 7.10. The molecule has 4 aliphatic heterocycles. The number of rotatable bonds is 17. The fourth-order valence-electron chi connectivity index (χ4n) is 7.53. The Morgan fingerprint density at radius 1 is 0.911 bits per heavy atom. The van der Waals surface area contributed by atoms with E-state index in [9.17, 15) is 24.3 Å². The second-order valence-electron chi connectivity index (χ2n) is 13.7. The maximum atomic E-state index is 13.5. The molecule has 2 aromatic heterocycles. The number of aliphatic hydroxyl groups excluding tert-OH is 1. The van der Waals surface area contributed by atoms with Gasteiger partial charge in [0.1, 0.15) is 11.7 Å². The summed E-state index contributed by atoms with van der Waals surface area (Å²) in [6.07, 6.45) is 7.29. The monoisotopic (exact) mass is 808 g/mol. The zero-order valence-corrected chi connectivity index (χ0v) is 35.7. The van der Waals surface area contributed by atoms with Gasteiger partial charge in [-0.05, 0) is 63.0 Å². The Bertz CT molecular complexity index is 1830. The van der Waals surface area contributed by atoms with Crippen LogP contribution in [-0.2, 0) is 45.0 Å². The fraction of sp³-hybridized carbons (Fsp3) is 0.610. The first-order chi connectivity index (χ1) is 27.2. The predicted octanol–water partition coefficient (Wildman–Crippen LogP) is 5.33. The van der Waals surface area contributed by atoms with Crippen molar-refractivity contribution in [3.05, 3.63) is 54.5 Å². The lowest BCUT2D eigenvalue weighted by Gasteiger charge is -2.23. The van der Waals surface area contributed by atoms with Crippen molar-refractivity contribution in [3.8, 4) is 0 Å². The lowest BCUT2D eigenvalue weighted by atomic mass is 9.84. The van der Waals surface area contributed by atoms with Crippen LogP contribution in [-0.4, -0.2) is 81.5 Å². The molecule has 0 saturated carbocycles. The summed E-state index contributed by atoms with van der Waals surface area (Å²) in [6, 6.07) is -0.295. The molecule has 0 saturated heterocycles. The van der Waals surface area contributed by atoms with E-state index in [1.807, 2.05) is 52.3 Å². The van der Waals surface area contributed by atoms with Crippen molar-refractivity contribution >= 4 is 57.7 Å². The van der Waals surface area contributed by atoms with Crippen molar-refractivity contribution in [2.24, 2.45) is 15.9 Å². The van der Waals surface area contributed by atoms with Crippen LogP contribution in [0.25, 0.3) is 0 Å². The summed E-state index contributed by atoms with van der Waals surface area (Å²) in [4.78, 5) is 71.3. The zero-order chi connectivity index (χ0) is 40.8. The van der Waals surface area contributed by atoms with Crippen LogP contribution in [0.3, 0.4) is 0 Å². The minimum atomic E-state index is -0.680. The maximum absolute atomic E-state index is 13.5. The highest BCUT2D eigenvalue weighted by Crippen LogP contribution is 2.34. The minimum absolute atomic E-state index is 0.126. The van der Waals surface area contributed by atoms with Gasteiger partial charge >= 0.3 is 0 Å². The number of nitrogens with one attached hydrogen (secondary N) is 4. The lowest BCUT2D eigenvalue weighted by molar-refractivity contribution is -0.125. The van der Waals surface area contributed by atoms with E-state index in [2.05, 4.69) is 33.2 Å². The molecule has 6 heterocycles. The molecule has 0 aromatic carbocycles. The van der Waals surface area contributed by atoms with E-state index in [1.165, 1.54) is 22.7 Å². The Balaban J connectivity index is 0.00000169. The SMILES string of the molecule is CC.CC.CCCC1NC(=O)C(C2=NC(C)CC2)=C1C(Cc1csc(CCc2csc(CNC(=O)CC3=C(C4=NCCC4)C(=O)NC3CC)n2)n1)C(=O)NCO. The quantitative estimate of drug-likeness (QED) is 0.134. The fourth-order valence-corrected chi connectivity index (χ4v) is 9.11. The van der Waals surface area contributed by atoms with Crippen LogP contribution in [0.5, 0.6) is 0 Å². The van der Waals surface area contributed by atoms with Crippen molar-refractivity contribution < 1.29 is 24.3 Å². The van der Waals surface area contributed by atoms with Gasteiger partial charge in [-0.2, -0.15) is 0 Å². The molecule has 0 spiro atoms. The van der Waals surface area contributed by atoms with Gasteiger partial charge in [0.25, 0.3) is 11.8 Å². The molecule has 4 unspecified atom stereocenters. The minimum Gasteiger partial charge on any atom is -0.377 e. The third kappa shape index (κ3) is 11.1. The highest BCUT2D eigenvalue weighted by atomic mass is 32.1. The van der Waals surface area contributed by atoms with Crippen LogP contribution in [0, 0.1) is 5.92 Å². The lowest BCUT2D eigenvalue weighted by Crippen LogP contribution is -2.38. The van der Waals surface area contributed by atoms with Crippen molar-refractivity contribution in [3.63, 3.8) is 0 Å². The number of thiazole rings is 2. The summed E-state index contributed by atoms with van der Waals surface area (Å²) in [5.74, 6) is -1.47. The zero-order valence-electron chi connectivity index (χ0n) is 34.0. The van der Waals surface area contributed by atoms with Gasteiger partial charge < -0.3 is 26.4 Å². The number of carbonyl (C=O) groups is 4. The molecule has 2 aromatic rings. The third-order valence-electron chi connectivity index (χ3n) is 10.0. The Labute approximate surface area is 339 Å². The number of aromatic nitrogens is 2. The first-order valence-corrected chi connectivity index (χ1v) is 22.2. The summed E-state index contributed by atoms with van der Waals surface area (Å²) in [7, 11) is 0. The summed E-state index contributed by atoms with van der Waals surface area (Å²) in [6.45, 7) is 14.6. The van der Waals surface area contributed by atoms with Gasteiger partial charge in [0, 0.05) is 47.6 Å². The molecule has 5 N–H and O–H groups in total. The van der Waals surface area contributed by atoms with E-state index in [0.717, 1.165) is 76.2 Å². The molecule has 0 fully saturated rings. The number of aliphatic imine (C=N–C) groups is 2. The number of nitrogens with zero attached hydrogens (tertiary/aromatic N) is 4. The average Bonchev–Trinajstić information content (AvgIpc) is 4.06. The molecular formula is C41H60N8O5S2. The Morgan fingerprint density at radius 2 is 1.61 bits per heavy atom. The van der Waals surface area contributed by atoms with E-state index in [0.29, 0.717) is 56.2 Å². The largest absolute Gasteiger partial charge is 0.377 e. The van der Waals surface area contributed by atoms with Crippen molar-refractivity contribution in [2.45, 2.75) is 144 Å². The van der Waals surface area contributed by atoms with Gasteiger partial charge in [0.05, 0.1) is 58.5 Å². The first-order valence-electron chi connectivity index (χ1n) is 20.4. The molecule has 306 valence electrons. The van der Waals surface area contributed by atoms with Gasteiger partial charge in [-0.25, -0.2) is 9.97 Å². The van der Waals surface area contributed by atoms with Crippen LogP contribution in [0.1, 0.15) is 121 Å². The number of amides is 4. The average molecular weight is 809 g/mol. The molecule has 0 aliphatic carbocycles. The standard InChI is InChI=1S/C37H48N8O5S2.2C2H6/c1-4-7-27-32(34(37(50)45-27)28-11-9-20(3)41-28)24(35(48)40-19-46)14-22-18-51-30(43-22)12-10-21-17-52-31(42-21)16-39-29(47)15-23-25(5-2)44-36(49)33(23)26-8-6-13-38-26;2*1-2/h17-18,20,24-25,27,46H,4-16,19H2,1-3H3,(H,39,47)(H,40,48)(H,44,49)(H,45,50);2*1-2H3. The number of hydrogen-bond donors (Lipinski definition) is 5. The number of aryl methyl sites for hydroxylation is 2. The molecule has 4 atom stereocenters. The van der Waals surface area contributed by atoms with Crippen molar-refractivity contribution in [1.29, 1.82) is 0 Å². The predicted molar refractivity (Wildman–Crippen MR) is 224 cm³/mol. The Kier molecular flexibility index (Phi) is 17.5. The normalized spacial score (nSPS) is 20.8. The number of aliphatic hydroxyl groups is 1. The smallest absolute Gasteiger partial charge is 0.253 e. The molecule has 56 heavy (non-hydrogen) atoms. The molecule has 0 radical (unpaired) electrons. The second kappa shape index (κ2) is 22.0. The van der Waals surface area contributed by atoms with E-state index in [-0.39, 0.29) is 48.2 Å². The number of hydrogen-bond acceptors (Lipinski definition) is 11. The van der Waals surface area contributed by atoms with Crippen LogP contribution in [0.4, 0.5) is 0 Å². The first kappa shape index (κ1) is 44.6. The van der Waals surface area contributed by atoms with E-state index < -0.39 is 12.6 Å². The molecule has 15 heteroatoms. The van der Waals surface area contributed by atoms with Crippen LogP contribution < -0.4 is 21.3 Å². The van der Waals surface area contributed by atoms with E-state index in [1.54, 1.807) is 0 Å². The van der Waals surface area contributed by atoms with Crippen molar-refractivity contribution in [2.75, 3.05) is 13.3 Å². The Hall–Kier alpha value is -4.08. The van der Waals surface area contributed by atoms with E-state index in [4.69, 9.17) is 15.0 Å². The van der Waals surface area contributed by atoms with Gasteiger partial charge in [0.15, 0.2) is 0 Å². The third-order valence-corrected chi connectivity index (χ3v) is 11.9. The van der Waals surface area contributed by atoms with Gasteiger partial charge in [-0.15, -0.1) is 22.7 Å². The summed E-state index contributed by atoms with van der Waals surface area (Å²) in [5, 5.41) is 26.9. The van der Waals surface area contributed by atoms with Crippen LogP contribution in [0.15, 0.2) is 43.0 Å². The molecule has 0 bridgehead atoms. The van der Waals surface area contributed by atoms with Gasteiger partial charge in [-0.3, -0.25) is 29.2 Å². The molecule has 4 amide bonds. The van der Waals surface area contributed by atoms with E-state index >= 15 is 0 Å². The summed E-state index contributed by atoms with van der Waals surface area (Å²) >= 11 is 3.02. The molecule has 4 aliphatic rings. The molecule has 13 nitrogen and oxygen atoms in total. The summed E-state index contributed by atoms with van der Waals surface area (Å²) < 4.78 is 0. The highest BCUT2D eigenvalue weighted by Gasteiger charge is 2.41. The second-order valence-corrected chi connectivity index (χ2v) is 15.6. The van der Waals surface area contributed by atoms with Crippen LogP contribution in [0.2, 0.25) is 0 Å². The van der Waals surface area contributed by atoms with Gasteiger partial charge in [-0.1, -0.05) is 48.0 Å². The Morgan fingerprint density at radius 3 is 2.27 bits per heavy atom. The maximum Gasteiger partial charge on any atom is 0.253 e. The van der Waals surface area contributed by atoms with Crippen LogP contribution >= 0.6 is 22.7 Å².